The van der Waals surface area contributed by atoms with E-state index in [9.17, 15) is 0 Å². The van der Waals surface area contributed by atoms with Crippen molar-refractivity contribution in [3.8, 4) is 0 Å². The van der Waals surface area contributed by atoms with Gasteiger partial charge in [-0.25, -0.2) is 4.98 Å². The maximum atomic E-state index is 5.79. The fourth-order valence-electron chi connectivity index (χ4n) is 2.61. The SMILES string of the molecule is Nc1ccc(CN2CCN(c3ccccn3)CC2)c(Br)c1. The predicted octanol–water partition coefficient (Wildman–Crippen LogP) is 2.75. The molecule has 0 unspecified atom stereocenters. The van der Waals surface area contributed by atoms with E-state index < -0.39 is 0 Å². The van der Waals surface area contributed by atoms with Gasteiger partial charge in [0.15, 0.2) is 0 Å². The highest BCUT2D eigenvalue weighted by Crippen LogP contribution is 2.22. The fraction of sp³-hybridized carbons (Fsp3) is 0.312. The van der Waals surface area contributed by atoms with Crippen LogP contribution in [0.4, 0.5) is 11.5 Å². The van der Waals surface area contributed by atoms with Crippen LogP contribution in [0.25, 0.3) is 0 Å². The monoisotopic (exact) mass is 346 g/mol. The van der Waals surface area contributed by atoms with Crippen molar-refractivity contribution in [1.29, 1.82) is 0 Å². The van der Waals surface area contributed by atoms with Crippen LogP contribution in [0.1, 0.15) is 5.56 Å². The van der Waals surface area contributed by atoms with Gasteiger partial charge in [-0.1, -0.05) is 28.1 Å². The quantitative estimate of drug-likeness (QED) is 0.868. The number of halogens is 1. The summed E-state index contributed by atoms with van der Waals surface area (Å²) in [6.07, 6.45) is 1.85. The Labute approximate surface area is 133 Å². The molecule has 0 amide bonds. The minimum Gasteiger partial charge on any atom is -0.399 e. The molecule has 5 heteroatoms. The summed E-state index contributed by atoms with van der Waals surface area (Å²) in [5.41, 5.74) is 7.87. The predicted molar refractivity (Wildman–Crippen MR) is 90.3 cm³/mol. The van der Waals surface area contributed by atoms with Crippen LogP contribution < -0.4 is 10.6 Å². The number of nitrogens with two attached hydrogens (primary N) is 1. The van der Waals surface area contributed by atoms with Gasteiger partial charge in [-0.3, -0.25) is 4.90 Å². The second-order valence-corrected chi connectivity index (χ2v) is 6.16. The molecule has 3 rings (SSSR count). The van der Waals surface area contributed by atoms with Crippen LogP contribution in [0.5, 0.6) is 0 Å². The first kappa shape index (κ1) is 14.4. The number of benzene rings is 1. The van der Waals surface area contributed by atoms with Crippen molar-refractivity contribution in [2.24, 2.45) is 0 Å². The molecule has 2 aromatic rings. The second-order valence-electron chi connectivity index (χ2n) is 5.30. The van der Waals surface area contributed by atoms with E-state index in [0.29, 0.717) is 0 Å². The van der Waals surface area contributed by atoms with Gasteiger partial charge < -0.3 is 10.6 Å². The van der Waals surface area contributed by atoms with E-state index in [1.807, 2.05) is 30.5 Å². The minimum absolute atomic E-state index is 0.797. The van der Waals surface area contributed by atoms with Crippen molar-refractivity contribution in [1.82, 2.24) is 9.88 Å². The number of hydrogen-bond acceptors (Lipinski definition) is 4. The normalized spacial score (nSPS) is 16.1. The van der Waals surface area contributed by atoms with Gasteiger partial charge in [0.05, 0.1) is 0 Å². The molecule has 0 saturated carbocycles. The first-order chi connectivity index (χ1) is 10.2. The summed E-state index contributed by atoms with van der Waals surface area (Å²) >= 11 is 3.60. The molecule has 0 radical (unpaired) electrons. The maximum absolute atomic E-state index is 5.79. The second kappa shape index (κ2) is 6.45. The first-order valence-electron chi connectivity index (χ1n) is 7.14. The standard InChI is InChI=1S/C16H19BrN4/c17-15-11-14(18)5-4-13(15)12-20-7-9-21(10-8-20)16-3-1-2-6-19-16/h1-6,11H,7-10,12,18H2. The van der Waals surface area contributed by atoms with Crippen molar-refractivity contribution in [2.45, 2.75) is 6.54 Å². The molecular weight excluding hydrogens is 328 g/mol. The average Bonchev–Trinajstić information content (AvgIpc) is 2.52. The molecule has 1 aromatic heterocycles. The molecule has 0 bridgehead atoms. The van der Waals surface area contributed by atoms with Crippen molar-refractivity contribution in [3.63, 3.8) is 0 Å². The van der Waals surface area contributed by atoms with E-state index >= 15 is 0 Å². The van der Waals surface area contributed by atoms with Crippen LogP contribution >= 0.6 is 15.9 Å². The summed E-state index contributed by atoms with van der Waals surface area (Å²) in [5.74, 6) is 1.07. The highest BCUT2D eigenvalue weighted by atomic mass is 79.9. The van der Waals surface area contributed by atoms with Gasteiger partial charge in [-0.05, 0) is 29.8 Å². The average molecular weight is 347 g/mol. The zero-order valence-electron chi connectivity index (χ0n) is 11.9. The zero-order valence-corrected chi connectivity index (χ0v) is 13.5. The summed E-state index contributed by atoms with van der Waals surface area (Å²) in [4.78, 5) is 9.23. The molecule has 2 N–H and O–H groups in total. The van der Waals surface area contributed by atoms with Gasteiger partial charge >= 0.3 is 0 Å². The Morgan fingerprint density at radius 2 is 1.90 bits per heavy atom. The lowest BCUT2D eigenvalue weighted by Crippen LogP contribution is -2.46. The van der Waals surface area contributed by atoms with Gasteiger partial charge in [0.25, 0.3) is 0 Å². The lowest BCUT2D eigenvalue weighted by molar-refractivity contribution is 0.249. The van der Waals surface area contributed by atoms with Gasteiger partial charge in [0.1, 0.15) is 5.82 Å². The van der Waals surface area contributed by atoms with Gasteiger partial charge in [0.2, 0.25) is 0 Å². The number of rotatable bonds is 3. The van der Waals surface area contributed by atoms with E-state index in [1.165, 1.54) is 5.56 Å². The lowest BCUT2D eigenvalue weighted by atomic mass is 10.2. The molecule has 0 aliphatic carbocycles. The molecule has 110 valence electrons. The zero-order chi connectivity index (χ0) is 14.7. The van der Waals surface area contributed by atoms with Gasteiger partial charge in [0, 0.05) is 49.1 Å². The summed E-state index contributed by atoms with van der Waals surface area (Å²) in [5, 5.41) is 0. The Morgan fingerprint density at radius 3 is 2.57 bits per heavy atom. The summed E-state index contributed by atoms with van der Waals surface area (Å²) in [6, 6.07) is 12.1. The third-order valence-electron chi connectivity index (χ3n) is 3.82. The fourth-order valence-corrected chi connectivity index (χ4v) is 3.13. The molecule has 0 atom stereocenters. The van der Waals surface area contributed by atoms with E-state index in [4.69, 9.17) is 5.73 Å². The molecule has 4 nitrogen and oxygen atoms in total. The summed E-state index contributed by atoms with van der Waals surface area (Å²) < 4.78 is 1.09. The smallest absolute Gasteiger partial charge is 0.128 e. The van der Waals surface area contributed by atoms with E-state index in [-0.39, 0.29) is 0 Å². The van der Waals surface area contributed by atoms with Gasteiger partial charge in [-0.15, -0.1) is 0 Å². The Hall–Kier alpha value is -1.59. The number of nitrogens with zero attached hydrogens (tertiary/aromatic N) is 3. The molecule has 1 saturated heterocycles. The van der Waals surface area contributed by atoms with Crippen LogP contribution in [0.3, 0.4) is 0 Å². The number of aromatic nitrogens is 1. The molecule has 1 aromatic carbocycles. The third kappa shape index (κ3) is 3.54. The Morgan fingerprint density at radius 1 is 1.10 bits per heavy atom. The summed E-state index contributed by atoms with van der Waals surface area (Å²) in [7, 11) is 0. The highest BCUT2D eigenvalue weighted by Gasteiger charge is 2.18. The third-order valence-corrected chi connectivity index (χ3v) is 4.55. The van der Waals surface area contributed by atoms with E-state index in [2.05, 4.69) is 42.8 Å². The number of nitrogen functional groups attached to an aromatic ring is 1. The van der Waals surface area contributed by atoms with E-state index in [1.54, 1.807) is 0 Å². The molecule has 0 spiro atoms. The Balaban J connectivity index is 1.59. The number of hydrogen-bond donors (Lipinski definition) is 1. The number of pyridine rings is 1. The van der Waals surface area contributed by atoms with E-state index in [0.717, 1.165) is 48.7 Å². The lowest BCUT2D eigenvalue weighted by Gasteiger charge is -2.35. The van der Waals surface area contributed by atoms with Gasteiger partial charge in [-0.2, -0.15) is 0 Å². The molecule has 21 heavy (non-hydrogen) atoms. The van der Waals surface area contributed by atoms with Crippen molar-refractivity contribution in [2.75, 3.05) is 36.8 Å². The van der Waals surface area contributed by atoms with Crippen LogP contribution in [0, 0.1) is 0 Å². The van der Waals surface area contributed by atoms with Crippen LogP contribution in [0.15, 0.2) is 47.1 Å². The highest BCUT2D eigenvalue weighted by molar-refractivity contribution is 9.10. The van der Waals surface area contributed by atoms with Crippen LogP contribution in [-0.2, 0) is 6.54 Å². The van der Waals surface area contributed by atoms with Crippen molar-refractivity contribution < 1.29 is 0 Å². The van der Waals surface area contributed by atoms with Crippen LogP contribution in [-0.4, -0.2) is 36.1 Å². The Bertz CT molecular complexity index is 594. The number of piperazine rings is 1. The molecule has 1 fully saturated rings. The van der Waals surface area contributed by atoms with Crippen LogP contribution in [0.2, 0.25) is 0 Å². The molecule has 2 heterocycles. The number of anilines is 2. The topological polar surface area (TPSA) is 45.4 Å². The largest absolute Gasteiger partial charge is 0.399 e. The minimum atomic E-state index is 0.797. The molecule has 1 aliphatic heterocycles. The molecule has 1 aliphatic rings. The summed E-state index contributed by atoms with van der Waals surface area (Å²) in [6.45, 7) is 5.09. The van der Waals surface area contributed by atoms with Crippen molar-refractivity contribution >= 4 is 27.4 Å². The maximum Gasteiger partial charge on any atom is 0.128 e. The van der Waals surface area contributed by atoms with Crippen molar-refractivity contribution in [3.05, 3.63) is 52.6 Å². The molecular formula is C16H19BrN4. The Kier molecular flexibility index (Phi) is 4.41. The first-order valence-corrected chi connectivity index (χ1v) is 7.94.